The molecule has 2 aromatic heterocycles. The van der Waals surface area contributed by atoms with Crippen LogP contribution in [0, 0.1) is 6.92 Å². The fourth-order valence-electron chi connectivity index (χ4n) is 4.34. The van der Waals surface area contributed by atoms with E-state index in [4.69, 9.17) is 4.74 Å². The van der Waals surface area contributed by atoms with Crippen molar-refractivity contribution in [3.63, 3.8) is 0 Å². The lowest BCUT2D eigenvalue weighted by Gasteiger charge is -2.23. The molecule has 34 heavy (non-hydrogen) atoms. The number of methoxy groups -OCH3 is 1. The van der Waals surface area contributed by atoms with Gasteiger partial charge in [0.1, 0.15) is 5.75 Å². The van der Waals surface area contributed by atoms with E-state index in [0.717, 1.165) is 45.8 Å². The number of Topliss-reactive ketones (excluding diaryl/α,β-unsaturated/α-hetero) is 1. The number of fused-ring (bicyclic) bond motifs is 1. The molecule has 2 atom stereocenters. The number of carbonyl (C=O) groups excluding carboxylic acids is 1. The average Bonchev–Trinajstić information content (AvgIpc) is 3.38. The Kier molecular flexibility index (Phi) is 7.09. The van der Waals surface area contributed by atoms with Gasteiger partial charge in [0, 0.05) is 27.8 Å². The summed E-state index contributed by atoms with van der Waals surface area (Å²) in [5, 5.41) is 10.4. The summed E-state index contributed by atoms with van der Waals surface area (Å²) in [7, 11) is 5.74. The molecule has 0 saturated heterocycles. The molecule has 0 fully saturated rings. The molecule has 4 rings (SSSR count). The Balaban J connectivity index is 1.72. The number of nitrogens with zero attached hydrogens (tertiary/aromatic N) is 4. The molecule has 0 radical (unpaired) electrons. The smallest absolute Gasteiger partial charge is 0.196 e. The van der Waals surface area contributed by atoms with E-state index in [1.54, 1.807) is 7.11 Å². The van der Waals surface area contributed by atoms with Crippen molar-refractivity contribution in [2.45, 2.75) is 43.6 Å². The van der Waals surface area contributed by atoms with Crippen molar-refractivity contribution in [1.82, 2.24) is 24.6 Å². The van der Waals surface area contributed by atoms with E-state index in [1.165, 1.54) is 11.8 Å². The minimum Gasteiger partial charge on any atom is -0.497 e. The molecule has 0 aliphatic rings. The summed E-state index contributed by atoms with van der Waals surface area (Å²) >= 11 is 1.44. The van der Waals surface area contributed by atoms with Gasteiger partial charge in [-0.15, -0.1) is 10.2 Å². The predicted octanol–water partition coefficient (Wildman–Crippen LogP) is 5.44. The first kappa shape index (κ1) is 24.0. The van der Waals surface area contributed by atoms with Crippen LogP contribution in [-0.2, 0) is 0 Å². The second kappa shape index (κ2) is 10.0. The van der Waals surface area contributed by atoms with Gasteiger partial charge in [-0.3, -0.25) is 14.3 Å². The van der Waals surface area contributed by atoms with Gasteiger partial charge in [-0.1, -0.05) is 36.9 Å². The predicted molar refractivity (Wildman–Crippen MR) is 137 cm³/mol. The Bertz CT molecular complexity index is 1290. The fraction of sp³-hybridized carbons (Fsp3) is 0.346. The molecule has 8 heteroatoms. The molecule has 178 valence electrons. The van der Waals surface area contributed by atoms with Gasteiger partial charge in [-0.05, 0) is 64.7 Å². The topological polar surface area (TPSA) is 76.0 Å². The van der Waals surface area contributed by atoms with Crippen LogP contribution in [0.2, 0.25) is 0 Å². The number of aryl methyl sites for hydroxylation is 1. The van der Waals surface area contributed by atoms with Crippen molar-refractivity contribution < 1.29 is 9.53 Å². The van der Waals surface area contributed by atoms with Gasteiger partial charge in [-0.2, -0.15) is 0 Å². The van der Waals surface area contributed by atoms with Crippen molar-refractivity contribution >= 4 is 28.4 Å². The first-order valence-electron chi connectivity index (χ1n) is 11.4. The van der Waals surface area contributed by atoms with E-state index >= 15 is 0 Å². The molecular formula is C26H31N5O2S. The van der Waals surface area contributed by atoms with Crippen molar-refractivity contribution in [3.05, 3.63) is 65.6 Å². The maximum Gasteiger partial charge on any atom is 0.196 e. The minimum atomic E-state index is -0.341. The highest BCUT2D eigenvalue weighted by Gasteiger charge is 2.27. The maximum atomic E-state index is 13.6. The molecule has 0 aliphatic carbocycles. The van der Waals surface area contributed by atoms with Gasteiger partial charge in [0.2, 0.25) is 0 Å². The maximum absolute atomic E-state index is 13.6. The Labute approximate surface area is 204 Å². The van der Waals surface area contributed by atoms with Crippen LogP contribution >= 0.6 is 11.8 Å². The number of hydrogen-bond donors (Lipinski definition) is 1. The van der Waals surface area contributed by atoms with E-state index in [1.807, 2.05) is 76.5 Å². The van der Waals surface area contributed by atoms with E-state index < -0.39 is 0 Å². The van der Waals surface area contributed by atoms with E-state index in [2.05, 4.69) is 31.6 Å². The van der Waals surface area contributed by atoms with E-state index in [-0.39, 0.29) is 17.1 Å². The number of ether oxygens (including phenoxy) is 1. The van der Waals surface area contributed by atoms with Crippen LogP contribution in [0.3, 0.4) is 0 Å². The van der Waals surface area contributed by atoms with Crippen molar-refractivity contribution in [1.29, 1.82) is 0 Å². The zero-order valence-electron chi connectivity index (χ0n) is 20.5. The molecule has 0 saturated carbocycles. The Morgan fingerprint density at radius 3 is 2.50 bits per heavy atom. The van der Waals surface area contributed by atoms with E-state index in [9.17, 15) is 4.79 Å². The minimum absolute atomic E-state index is 0.0745. The van der Waals surface area contributed by atoms with Gasteiger partial charge in [0.15, 0.2) is 16.8 Å². The summed E-state index contributed by atoms with van der Waals surface area (Å²) in [5.41, 5.74) is 3.54. The second-order valence-electron chi connectivity index (χ2n) is 8.56. The molecule has 2 aromatic carbocycles. The first-order valence-corrected chi connectivity index (χ1v) is 12.3. The van der Waals surface area contributed by atoms with Crippen LogP contribution in [0.5, 0.6) is 5.75 Å². The molecule has 0 aliphatic heterocycles. The molecule has 0 unspecified atom stereocenters. The number of benzene rings is 2. The quantitative estimate of drug-likeness (QED) is 0.255. The van der Waals surface area contributed by atoms with Gasteiger partial charge in [0.05, 0.1) is 18.4 Å². The summed E-state index contributed by atoms with van der Waals surface area (Å²) in [6, 6.07) is 15.8. The van der Waals surface area contributed by atoms with Gasteiger partial charge in [0.25, 0.3) is 0 Å². The molecule has 4 aromatic rings. The summed E-state index contributed by atoms with van der Waals surface area (Å²) in [4.78, 5) is 19.0. The van der Waals surface area contributed by atoms with Gasteiger partial charge in [-0.25, -0.2) is 0 Å². The second-order valence-corrected chi connectivity index (χ2v) is 9.86. The molecule has 0 spiro atoms. The standard InChI is InChI=1S/C26H31N5O2S/c1-7-22(30(4)5)25-28-29-26(31(25)18-12-14-19(33-6)15-13-18)34-17(3)24(32)23-16(2)27-21-11-9-8-10-20(21)23/h8-15,17,22,27H,7H2,1-6H3/t17-,22-/m1/s1. The number of rotatable bonds is 9. The van der Waals surface area contributed by atoms with E-state index in [0.29, 0.717) is 5.16 Å². The molecule has 2 heterocycles. The van der Waals surface area contributed by atoms with Crippen LogP contribution in [0.1, 0.15) is 48.2 Å². The van der Waals surface area contributed by atoms with Crippen LogP contribution in [0.25, 0.3) is 16.6 Å². The Morgan fingerprint density at radius 2 is 1.85 bits per heavy atom. The monoisotopic (exact) mass is 477 g/mol. The number of aromatic amines is 1. The lowest BCUT2D eigenvalue weighted by Crippen LogP contribution is -2.23. The van der Waals surface area contributed by atoms with Crippen LogP contribution in [0.15, 0.2) is 53.7 Å². The number of carbonyl (C=O) groups is 1. The number of H-pyrrole nitrogens is 1. The summed E-state index contributed by atoms with van der Waals surface area (Å²) in [6.45, 7) is 6.02. The number of aromatic nitrogens is 4. The van der Waals surface area contributed by atoms with Crippen molar-refractivity contribution in [3.8, 4) is 11.4 Å². The third-order valence-electron chi connectivity index (χ3n) is 6.09. The highest BCUT2D eigenvalue weighted by atomic mass is 32.2. The number of hydrogen-bond acceptors (Lipinski definition) is 6. The number of nitrogens with one attached hydrogen (secondary N) is 1. The summed E-state index contributed by atoms with van der Waals surface area (Å²) < 4.78 is 7.40. The lowest BCUT2D eigenvalue weighted by molar-refractivity contribution is 0.0995. The Hall–Kier alpha value is -3.10. The third kappa shape index (κ3) is 4.48. The SMILES string of the molecule is CC[C@H](c1nnc(S[C@H](C)C(=O)c2c(C)[nH]c3ccccc23)n1-c1ccc(OC)cc1)N(C)C. The fourth-order valence-corrected chi connectivity index (χ4v) is 5.27. The number of para-hydroxylation sites is 1. The number of thioether (sulfide) groups is 1. The highest BCUT2D eigenvalue weighted by Crippen LogP contribution is 2.33. The van der Waals surface area contributed by atoms with Crippen LogP contribution in [0.4, 0.5) is 0 Å². The van der Waals surface area contributed by atoms with Gasteiger partial charge < -0.3 is 9.72 Å². The first-order chi connectivity index (χ1) is 16.3. The zero-order valence-corrected chi connectivity index (χ0v) is 21.3. The third-order valence-corrected chi connectivity index (χ3v) is 7.13. The lowest BCUT2D eigenvalue weighted by atomic mass is 10.1. The number of ketones is 1. The molecule has 0 bridgehead atoms. The zero-order chi connectivity index (χ0) is 24.4. The van der Waals surface area contributed by atoms with Crippen molar-refractivity contribution in [2.75, 3.05) is 21.2 Å². The van der Waals surface area contributed by atoms with Crippen molar-refractivity contribution in [2.24, 2.45) is 0 Å². The molecule has 0 amide bonds. The van der Waals surface area contributed by atoms with Crippen LogP contribution in [-0.4, -0.2) is 56.9 Å². The largest absolute Gasteiger partial charge is 0.497 e. The van der Waals surface area contributed by atoms with Gasteiger partial charge >= 0.3 is 0 Å². The summed E-state index contributed by atoms with van der Waals surface area (Å²) in [5.74, 6) is 1.71. The average molecular weight is 478 g/mol. The highest BCUT2D eigenvalue weighted by molar-refractivity contribution is 8.00. The molecular weight excluding hydrogens is 446 g/mol. The normalized spacial score (nSPS) is 13.4. The molecule has 7 nitrogen and oxygen atoms in total. The summed E-state index contributed by atoms with van der Waals surface area (Å²) in [6.07, 6.45) is 0.884. The Morgan fingerprint density at radius 1 is 1.15 bits per heavy atom. The van der Waals surface area contributed by atoms with Crippen LogP contribution < -0.4 is 4.74 Å². The molecule has 1 N–H and O–H groups in total.